The van der Waals surface area contributed by atoms with Gasteiger partial charge in [-0.25, -0.2) is 23.1 Å². The van der Waals surface area contributed by atoms with Gasteiger partial charge in [0.1, 0.15) is 23.2 Å². The molecule has 2 aromatic heterocycles. The molecule has 1 aliphatic carbocycles. The molecule has 1 aliphatic heterocycles. The molecule has 210 valence electrons. The molecule has 6 rings (SSSR count). The first-order valence-corrected chi connectivity index (χ1v) is 13.6. The van der Waals surface area contributed by atoms with Gasteiger partial charge in [-0.1, -0.05) is 30.8 Å². The Morgan fingerprint density at radius 2 is 1.85 bits per heavy atom. The lowest BCUT2D eigenvalue weighted by molar-refractivity contribution is -0.126. The van der Waals surface area contributed by atoms with Crippen LogP contribution in [0.1, 0.15) is 36.8 Å². The van der Waals surface area contributed by atoms with Crippen LogP contribution >= 0.6 is 0 Å². The predicted octanol–water partition coefficient (Wildman–Crippen LogP) is 4.84. The minimum atomic E-state index is -0.773. The zero-order valence-corrected chi connectivity index (χ0v) is 22.8. The number of benzene rings is 2. The summed E-state index contributed by atoms with van der Waals surface area (Å²) in [6, 6.07) is 10.3. The van der Waals surface area contributed by atoms with Gasteiger partial charge in [-0.2, -0.15) is 4.98 Å². The van der Waals surface area contributed by atoms with Crippen molar-refractivity contribution in [2.75, 3.05) is 24.5 Å². The van der Waals surface area contributed by atoms with Gasteiger partial charge in [0, 0.05) is 31.7 Å². The number of phenolic OH excluding ortho intramolecular Hbond substituents is 1. The number of para-hydroxylation sites is 1. The SMILES string of the molecule is C=CC(=O)N1CCN(c2nc(=O)n(-c3c(C)cccc3C3CC3)c3nc(-c4c(O)cccc4F)cc(F)c23)[C@@H](C)C1. The Kier molecular flexibility index (Phi) is 6.56. The minimum Gasteiger partial charge on any atom is -0.507 e. The molecule has 0 bridgehead atoms. The van der Waals surface area contributed by atoms with Crippen LogP contribution in [0.2, 0.25) is 0 Å². The monoisotopic (exact) mass is 557 g/mol. The number of carbonyl (C=O) groups is 1. The Labute approximate surface area is 235 Å². The number of carbonyl (C=O) groups excluding carboxylic acids is 1. The molecule has 1 saturated carbocycles. The van der Waals surface area contributed by atoms with E-state index in [9.17, 15) is 19.1 Å². The normalized spacial score (nSPS) is 17.2. The van der Waals surface area contributed by atoms with Gasteiger partial charge in [0.15, 0.2) is 5.65 Å². The van der Waals surface area contributed by atoms with E-state index < -0.39 is 23.1 Å². The van der Waals surface area contributed by atoms with Crippen LogP contribution in [0.4, 0.5) is 14.6 Å². The molecule has 8 nitrogen and oxygen atoms in total. The second kappa shape index (κ2) is 10.1. The predicted molar refractivity (Wildman–Crippen MR) is 152 cm³/mol. The van der Waals surface area contributed by atoms with Crippen LogP contribution in [0.5, 0.6) is 5.75 Å². The first kappa shape index (κ1) is 26.6. The Bertz CT molecular complexity index is 1760. The van der Waals surface area contributed by atoms with Gasteiger partial charge in [-0.3, -0.25) is 4.79 Å². The quantitative estimate of drug-likeness (QED) is 0.353. The number of amides is 1. The molecule has 2 aliphatic rings. The van der Waals surface area contributed by atoms with Crippen molar-refractivity contribution < 1.29 is 18.7 Å². The fourth-order valence-electron chi connectivity index (χ4n) is 5.77. The summed E-state index contributed by atoms with van der Waals surface area (Å²) in [6.07, 6.45) is 3.19. The highest BCUT2D eigenvalue weighted by atomic mass is 19.1. The van der Waals surface area contributed by atoms with Crippen molar-refractivity contribution in [1.82, 2.24) is 19.4 Å². The summed E-state index contributed by atoms with van der Waals surface area (Å²) in [5, 5.41) is 10.5. The number of piperazine rings is 1. The molecule has 2 fully saturated rings. The number of pyridine rings is 1. The van der Waals surface area contributed by atoms with E-state index in [1.807, 2.05) is 32.0 Å². The third-order valence-electron chi connectivity index (χ3n) is 7.92. The van der Waals surface area contributed by atoms with Gasteiger partial charge in [0.2, 0.25) is 5.91 Å². The molecule has 2 aromatic carbocycles. The van der Waals surface area contributed by atoms with Crippen LogP contribution < -0.4 is 10.6 Å². The molecule has 4 aromatic rings. The van der Waals surface area contributed by atoms with Crippen LogP contribution in [0.15, 0.2) is 59.9 Å². The van der Waals surface area contributed by atoms with E-state index in [1.54, 1.807) is 9.80 Å². The van der Waals surface area contributed by atoms with Crippen molar-refractivity contribution in [2.24, 2.45) is 0 Å². The maximum atomic E-state index is 16.3. The van der Waals surface area contributed by atoms with E-state index in [2.05, 4.69) is 16.5 Å². The lowest BCUT2D eigenvalue weighted by Gasteiger charge is -2.40. The van der Waals surface area contributed by atoms with Crippen molar-refractivity contribution in [3.8, 4) is 22.7 Å². The highest BCUT2D eigenvalue weighted by Gasteiger charge is 2.33. The van der Waals surface area contributed by atoms with Gasteiger partial charge < -0.3 is 14.9 Å². The number of hydrogen-bond donors (Lipinski definition) is 1. The Morgan fingerprint density at radius 1 is 1.10 bits per heavy atom. The number of aromatic nitrogens is 3. The molecule has 10 heteroatoms. The number of phenols is 1. The molecule has 3 heterocycles. The third-order valence-corrected chi connectivity index (χ3v) is 7.92. The van der Waals surface area contributed by atoms with Crippen molar-refractivity contribution in [1.29, 1.82) is 0 Å². The number of fused-ring (bicyclic) bond motifs is 1. The van der Waals surface area contributed by atoms with Crippen molar-refractivity contribution >= 4 is 22.8 Å². The molecule has 1 amide bonds. The average molecular weight is 558 g/mol. The molecule has 0 radical (unpaired) electrons. The summed E-state index contributed by atoms with van der Waals surface area (Å²) in [5.74, 6) is -1.78. The fraction of sp³-hybridized carbons (Fsp3) is 0.290. The Hall–Kier alpha value is -4.60. The molecule has 1 N–H and O–H groups in total. The topological polar surface area (TPSA) is 91.6 Å². The van der Waals surface area contributed by atoms with Gasteiger partial charge in [-0.15, -0.1) is 0 Å². The molecular formula is C31H29F2N5O3. The lowest BCUT2D eigenvalue weighted by atomic mass is 10.0. The maximum absolute atomic E-state index is 16.3. The zero-order chi connectivity index (χ0) is 29.0. The lowest BCUT2D eigenvalue weighted by Crippen LogP contribution is -2.54. The standard InChI is InChI=1S/C31H29F2N5O3/c1-4-25(40)36-13-14-37(18(3)16-36)29-27-22(33)15-23(26-21(32)9-6-10-24(26)39)34-30(27)38(31(41)35-29)28-17(2)7-5-8-20(28)19-11-12-19/h4-10,15,18-19,39H,1,11-14,16H2,2-3H3/t18-/m0/s1. The summed E-state index contributed by atoms with van der Waals surface area (Å²) in [6.45, 7) is 8.26. The number of aromatic hydroxyl groups is 1. The van der Waals surface area contributed by atoms with E-state index in [0.717, 1.165) is 36.1 Å². The van der Waals surface area contributed by atoms with Crippen molar-refractivity contribution in [3.63, 3.8) is 0 Å². The second-order valence-corrected chi connectivity index (χ2v) is 10.7. The molecular weight excluding hydrogens is 528 g/mol. The Balaban J connectivity index is 1.64. The number of rotatable bonds is 5. The van der Waals surface area contributed by atoms with Gasteiger partial charge in [0.25, 0.3) is 0 Å². The zero-order valence-electron chi connectivity index (χ0n) is 22.8. The highest BCUT2D eigenvalue weighted by Crippen LogP contribution is 2.44. The second-order valence-electron chi connectivity index (χ2n) is 10.7. The first-order valence-electron chi connectivity index (χ1n) is 13.6. The smallest absolute Gasteiger partial charge is 0.355 e. The molecule has 0 unspecified atom stereocenters. The van der Waals surface area contributed by atoms with Crippen LogP contribution in [0, 0.1) is 18.6 Å². The number of nitrogens with zero attached hydrogens (tertiary/aromatic N) is 5. The van der Waals surface area contributed by atoms with E-state index in [0.29, 0.717) is 25.3 Å². The number of anilines is 1. The van der Waals surface area contributed by atoms with Crippen LogP contribution in [0.3, 0.4) is 0 Å². The highest BCUT2D eigenvalue weighted by molar-refractivity contribution is 5.92. The van der Waals surface area contributed by atoms with Crippen LogP contribution in [0.25, 0.3) is 28.0 Å². The minimum absolute atomic E-state index is 0.00419. The molecule has 1 atom stereocenters. The van der Waals surface area contributed by atoms with Crippen molar-refractivity contribution in [3.05, 3.63) is 88.4 Å². The maximum Gasteiger partial charge on any atom is 0.355 e. The number of aryl methyl sites for hydroxylation is 1. The summed E-state index contributed by atoms with van der Waals surface area (Å²) < 4.78 is 32.5. The van der Waals surface area contributed by atoms with Crippen LogP contribution in [-0.4, -0.2) is 56.1 Å². The summed E-state index contributed by atoms with van der Waals surface area (Å²) in [7, 11) is 0. The van der Waals surface area contributed by atoms with E-state index in [-0.39, 0.29) is 46.0 Å². The van der Waals surface area contributed by atoms with E-state index in [1.165, 1.54) is 22.8 Å². The van der Waals surface area contributed by atoms with Crippen LogP contribution in [-0.2, 0) is 4.79 Å². The largest absolute Gasteiger partial charge is 0.507 e. The van der Waals surface area contributed by atoms with E-state index >= 15 is 4.39 Å². The number of halogens is 2. The summed E-state index contributed by atoms with van der Waals surface area (Å²) >= 11 is 0. The average Bonchev–Trinajstić information content (AvgIpc) is 3.78. The van der Waals surface area contributed by atoms with Gasteiger partial charge >= 0.3 is 5.69 Å². The summed E-state index contributed by atoms with van der Waals surface area (Å²) in [4.78, 5) is 38.6. The Morgan fingerprint density at radius 3 is 2.54 bits per heavy atom. The van der Waals surface area contributed by atoms with E-state index in [4.69, 9.17) is 0 Å². The van der Waals surface area contributed by atoms with Crippen molar-refractivity contribution in [2.45, 2.75) is 38.6 Å². The first-order chi connectivity index (χ1) is 19.7. The third kappa shape index (κ3) is 4.53. The number of hydrogen-bond acceptors (Lipinski definition) is 6. The fourth-order valence-corrected chi connectivity index (χ4v) is 5.77. The van der Waals surface area contributed by atoms with Gasteiger partial charge in [0.05, 0.1) is 22.3 Å². The summed E-state index contributed by atoms with van der Waals surface area (Å²) in [5.41, 5.74) is 1.23. The molecule has 1 saturated heterocycles. The molecule has 0 spiro atoms. The van der Waals surface area contributed by atoms with Gasteiger partial charge in [-0.05, 0) is 61.9 Å². The molecule has 41 heavy (non-hydrogen) atoms.